The highest BCUT2D eigenvalue weighted by Gasteiger charge is 2.29. The van der Waals surface area contributed by atoms with Crippen molar-refractivity contribution in [3.8, 4) is 0 Å². The third-order valence-electron chi connectivity index (χ3n) is 4.32. The zero-order valence-corrected chi connectivity index (χ0v) is 20.6. The van der Waals surface area contributed by atoms with Crippen LogP contribution in [0.1, 0.15) is 5.56 Å². The molecular formula is C21H19Cl2FN2O3S3. The zero-order valence-electron chi connectivity index (χ0n) is 16.6. The molecule has 1 heterocycles. The average Bonchev–Trinajstić information content (AvgIpc) is 3.30. The number of nitrogens with zero attached hydrogens (tertiary/aromatic N) is 1. The van der Waals surface area contributed by atoms with Gasteiger partial charge in [-0.3, -0.25) is 9.10 Å². The van der Waals surface area contributed by atoms with Crippen molar-refractivity contribution in [1.82, 2.24) is 5.32 Å². The lowest BCUT2D eigenvalue weighted by molar-refractivity contribution is -0.119. The van der Waals surface area contributed by atoms with Gasteiger partial charge in [-0.2, -0.15) is 11.8 Å². The topological polar surface area (TPSA) is 66.5 Å². The van der Waals surface area contributed by atoms with Gasteiger partial charge in [0, 0.05) is 28.1 Å². The van der Waals surface area contributed by atoms with Crippen molar-refractivity contribution in [2.24, 2.45) is 0 Å². The van der Waals surface area contributed by atoms with Crippen LogP contribution in [-0.4, -0.2) is 33.2 Å². The molecule has 11 heteroatoms. The van der Waals surface area contributed by atoms with Crippen LogP contribution in [0.4, 0.5) is 10.1 Å². The Kier molecular flexibility index (Phi) is 8.84. The molecule has 1 N–H and O–H groups in total. The molecule has 0 spiro atoms. The van der Waals surface area contributed by atoms with Crippen LogP contribution < -0.4 is 9.62 Å². The number of anilines is 1. The molecule has 32 heavy (non-hydrogen) atoms. The van der Waals surface area contributed by atoms with Gasteiger partial charge in [-0.25, -0.2) is 12.8 Å². The van der Waals surface area contributed by atoms with E-state index < -0.39 is 28.3 Å². The molecule has 0 bridgehead atoms. The summed E-state index contributed by atoms with van der Waals surface area (Å²) in [6.07, 6.45) is 0. The number of carbonyl (C=O) groups excluding carboxylic acids is 1. The number of hydrogen-bond donors (Lipinski definition) is 1. The van der Waals surface area contributed by atoms with E-state index in [4.69, 9.17) is 23.2 Å². The summed E-state index contributed by atoms with van der Waals surface area (Å²) in [5.41, 5.74) is 0.638. The SMILES string of the molecule is O=C(CN(c1ccccc1F)S(=O)(=O)c1cccs1)NCCSCc1c(Cl)cccc1Cl. The van der Waals surface area contributed by atoms with Gasteiger partial charge in [0.05, 0.1) is 5.69 Å². The molecule has 1 aromatic heterocycles. The van der Waals surface area contributed by atoms with Gasteiger partial charge in [0.1, 0.15) is 16.6 Å². The Bertz CT molecular complexity index is 1150. The fraction of sp³-hybridized carbons (Fsp3) is 0.190. The van der Waals surface area contributed by atoms with Gasteiger partial charge in [0.15, 0.2) is 0 Å². The van der Waals surface area contributed by atoms with Gasteiger partial charge in [0.2, 0.25) is 5.91 Å². The second-order valence-corrected chi connectivity index (χ2v) is 11.5. The van der Waals surface area contributed by atoms with Crippen LogP contribution in [-0.2, 0) is 20.6 Å². The summed E-state index contributed by atoms with van der Waals surface area (Å²) in [5, 5.41) is 5.44. The van der Waals surface area contributed by atoms with E-state index in [2.05, 4.69) is 5.32 Å². The molecule has 3 rings (SSSR count). The summed E-state index contributed by atoms with van der Waals surface area (Å²) in [6.45, 7) is -0.238. The third-order valence-corrected chi connectivity index (χ3v) is 9.15. The highest BCUT2D eigenvalue weighted by molar-refractivity contribution is 7.98. The summed E-state index contributed by atoms with van der Waals surface area (Å²) in [5.74, 6) is -0.134. The van der Waals surface area contributed by atoms with Crippen LogP contribution in [0.2, 0.25) is 10.0 Å². The predicted molar refractivity (Wildman–Crippen MR) is 131 cm³/mol. The summed E-state index contributed by atoms with van der Waals surface area (Å²) < 4.78 is 41.3. The van der Waals surface area contributed by atoms with Crippen LogP contribution in [0.5, 0.6) is 0 Å². The van der Waals surface area contributed by atoms with Gasteiger partial charge in [-0.1, -0.05) is 47.5 Å². The van der Waals surface area contributed by atoms with Crippen molar-refractivity contribution in [3.05, 3.63) is 81.4 Å². The molecule has 3 aromatic rings. The summed E-state index contributed by atoms with van der Waals surface area (Å²) >= 11 is 14.8. The normalized spacial score (nSPS) is 11.3. The number of para-hydroxylation sites is 1. The molecular weight excluding hydrogens is 514 g/mol. The maximum atomic E-state index is 14.4. The second kappa shape index (κ2) is 11.4. The Morgan fingerprint density at radius 2 is 1.78 bits per heavy atom. The first-order chi connectivity index (χ1) is 15.3. The largest absolute Gasteiger partial charge is 0.354 e. The van der Waals surface area contributed by atoms with E-state index >= 15 is 0 Å². The monoisotopic (exact) mass is 532 g/mol. The second-order valence-electron chi connectivity index (χ2n) is 6.50. The van der Waals surface area contributed by atoms with Crippen molar-refractivity contribution in [3.63, 3.8) is 0 Å². The lowest BCUT2D eigenvalue weighted by atomic mass is 10.2. The molecule has 2 aromatic carbocycles. The van der Waals surface area contributed by atoms with Crippen molar-refractivity contribution < 1.29 is 17.6 Å². The molecule has 1 amide bonds. The fourth-order valence-corrected chi connectivity index (χ4v) is 6.89. The summed E-state index contributed by atoms with van der Waals surface area (Å²) in [4.78, 5) is 12.5. The number of amides is 1. The number of nitrogens with one attached hydrogen (secondary N) is 1. The first-order valence-corrected chi connectivity index (χ1v) is 13.6. The average molecular weight is 533 g/mol. The Morgan fingerprint density at radius 1 is 1.06 bits per heavy atom. The van der Waals surface area contributed by atoms with E-state index in [-0.39, 0.29) is 9.90 Å². The molecule has 0 aliphatic heterocycles. The lowest BCUT2D eigenvalue weighted by Crippen LogP contribution is -2.41. The van der Waals surface area contributed by atoms with Gasteiger partial charge >= 0.3 is 0 Å². The molecule has 0 fully saturated rings. The van der Waals surface area contributed by atoms with E-state index in [9.17, 15) is 17.6 Å². The molecule has 0 atom stereocenters. The Labute approximate surface area is 204 Å². The van der Waals surface area contributed by atoms with E-state index in [1.165, 1.54) is 36.0 Å². The van der Waals surface area contributed by atoms with E-state index in [0.717, 1.165) is 27.3 Å². The predicted octanol–water partition coefficient (Wildman–Crippen LogP) is 5.44. The summed E-state index contributed by atoms with van der Waals surface area (Å²) in [6, 6.07) is 13.7. The van der Waals surface area contributed by atoms with Crippen LogP contribution in [0.25, 0.3) is 0 Å². The first-order valence-electron chi connectivity index (χ1n) is 9.39. The minimum absolute atomic E-state index is 0.0285. The van der Waals surface area contributed by atoms with Crippen molar-refractivity contribution in [2.75, 3.05) is 23.1 Å². The number of sulfonamides is 1. The van der Waals surface area contributed by atoms with Gasteiger partial charge in [-0.05, 0) is 41.3 Å². The van der Waals surface area contributed by atoms with Crippen molar-refractivity contribution >= 4 is 67.9 Å². The lowest BCUT2D eigenvalue weighted by Gasteiger charge is -2.23. The van der Waals surface area contributed by atoms with Crippen molar-refractivity contribution in [1.29, 1.82) is 0 Å². The number of benzene rings is 2. The summed E-state index contributed by atoms with van der Waals surface area (Å²) in [7, 11) is -4.09. The smallest absolute Gasteiger partial charge is 0.274 e. The minimum Gasteiger partial charge on any atom is -0.354 e. The Balaban J connectivity index is 1.62. The highest BCUT2D eigenvalue weighted by Crippen LogP contribution is 2.29. The van der Waals surface area contributed by atoms with E-state index in [1.807, 2.05) is 0 Å². The van der Waals surface area contributed by atoms with Crippen LogP contribution >= 0.6 is 46.3 Å². The third kappa shape index (κ3) is 6.17. The number of thiophene rings is 1. The van der Waals surface area contributed by atoms with Crippen LogP contribution in [0.3, 0.4) is 0 Å². The minimum atomic E-state index is -4.09. The molecule has 0 saturated carbocycles. The van der Waals surface area contributed by atoms with Gasteiger partial charge < -0.3 is 5.32 Å². The van der Waals surface area contributed by atoms with E-state index in [0.29, 0.717) is 28.1 Å². The number of halogens is 3. The quantitative estimate of drug-likeness (QED) is 0.353. The number of rotatable bonds is 10. The molecule has 0 saturated heterocycles. The molecule has 170 valence electrons. The number of carbonyl (C=O) groups is 1. The highest BCUT2D eigenvalue weighted by atomic mass is 35.5. The standard InChI is InChI=1S/C21H19Cl2FN2O3S3/c22-16-5-3-6-17(23)15(16)14-30-12-10-25-20(27)13-26(19-8-2-1-7-18(19)24)32(28,29)21-9-4-11-31-21/h1-9,11H,10,12-14H2,(H,25,27). The fourth-order valence-electron chi connectivity index (χ4n) is 2.77. The maximum Gasteiger partial charge on any atom is 0.274 e. The number of hydrogen-bond acceptors (Lipinski definition) is 5. The Morgan fingerprint density at radius 3 is 2.44 bits per heavy atom. The van der Waals surface area contributed by atoms with Gasteiger partial charge in [-0.15, -0.1) is 11.3 Å². The molecule has 0 unspecified atom stereocenters. The van der Waals surface area contributed by atoms with Gasteiger partial charge in [0.25, 0.3) is 10.0 Å². The molecule has 0 radical (unpaired) electrons. The molecule has 0 aliphatic rings. The zero-order chi connectivity index (χ0) is 23.1. The van der Waals surface area contributed by atoms with Crippen molar-refractivity contribution in [2.45, 2.75) is 9.96 Å². The van der Waals surface area contributed by atoms with Crippen LogP contribution in [0, 0.1) is 5.82 Å². The van der Waals surface area contributed by atoms with E-state index in [1.54, 1.807) is 29.6 Å². The maximum absolute atomic E-state index is 14.4. The van der Waals surface area contributed by atoms with Crippen LogP contribution in [0.15, 0.2) is 64.2 Å². The number of thioether (sulfide) groups is 1. The molecule has 0 aliphatic carbocycles. The Hall–Kier alpha value is -1.78. The first kappa shape index (κ1) is 24.9. The molecule has 5 nitrogen and oxygen atoms in total.